The molecule has 0 heterocycles. The third-order valence-electron chi connectivity index (χ3n) is 2.66. The maximum Gasteiger partial charge on any atom is 0.321 e. The van der Waals surface area contributed by atoms with E-state index < -0.39 is 12.1 Å². The molecule has 4 nitrogen and oxygen atoms in total. The van der Waals surface area contributed by atoms with Crippen molar-refractivity contribution in [2.24, 2.45) is 5.92 Å². The molecule has 0 amide bonds. The average molecular weight is 419 g/mol. The normalized spacial score (nSPS) is 12.2. The Labute approximate surface area is 140 Å². The third-order valence-corrected chi connectivity index (χ3v) is 3.86. The molecule has 0 aliphatic rings. The number of ether oxygens (including phenoxy) is 2. The number of halogens is 2. The molecule has 0 aromatic carbocycles. The molecule has 0 radical (unpaired) electrons. The summed E-state index contributed by atoms with van der Waals surface area (Å²) < 4.78 is 10.7. The summed E-state index contributed by atoms with van der Waals surface area (Å²) in [6.45, 7) is 4.84. The topological polar surface area (TPSA) is 52.6 Å². The monoisotopic (exact) mass is 418 g/mol. The lowest BCUT2D eigenvalue weighted by molar-refractivity contribution is -0.152. The highest BCUT2D eigenvalue weighted by atomic mass is 127. The Hall–Kier alpha value is -0.0400. The SMILES string of the molecule is CC(C)CCCCCOC(=O)CC(CI)OC(=O)CCl. The smallest absolute Gasteiger partial charge is 0.321 e. The number of carbonyl (C=O) groups is 2. The Kier molecular flexibility index (Phi) is 12.7. The van der Waals surface area contributed by atoms with Crippen LogP contribution >= 0.6 is 34.2 Å². The third kappa shape index (κ3) is 11.8. The van der Waals surface area contributed by atoms with Gasteiger partial charge in [0.2, 0.25) is 0 Å². The standard InChI is InChI=1S/C14H24ClIO4/c1-11(2)6-4-3-5-7-19-13(17)8-12(10-16)20-14(18)9-15/h11-12H,3-10H2,1-2H3. The maximum absolute atomic E-state index is 11.6. The van der Waals surface area contributed by atoms with Crippen LogP contribution in [-0.2, 0) is 19.1 Å². The molecule has 0 fully saturated rings. The van der Waals surface area contributed by atoms with Crippen LogP contribution in [-0.4, -0.2) is 35.0 Å². The van der Waals surface area contributed by atoms with Gasteiger partial charge < -0.3 is 9.47 Å². The van der Waals surface area contributed by atoms with Crippen LogP contribution in [0.25, 0.3) is 0 Å². The van der Waals surface area contributed by atoms with Gasteiger partial charge in [0.15, 0.2) is 0 Å². The first-order valence-electron chi connectivity index (χ1n) is 6.96. The van der Waals surface area contributed by atoms with Crippen molar-refractivity contribution in [1.82, 2.24) is 0 Å². The Bertz CT molecular complexity index is 284. The van der Waals surface area contributed by atoms with E-state index in [1.807, 2.05) is 0 Å². The maximum atomic E-state index is 11.6. The molecule has 0 N–H and O–H groups in total. The first-order valence-corrected chi connectivity index (χ1v) is 9.02. The molecule has 0 spiro atoms. The Morgan fingerprint density at radius 2 is 1.85 bits per heavy atom. The molecular weight excluding hydrogens is 395 g/mol. The van der Waals surface area contributed by atoms with E-state index in [0.29, 0.717) is 11.0 Å². The predicted molar refractivity (Wildman–Crippen MR) is 88.4 cm³/mol. The van der Waals surface area contributed by atoms with Crippen LogP contribution in [0, 0.1) is 5.92 Å². The average Bonchev–Trinajstić information content (AvgIpc) is 2.41. The highest BCUT2D eigenvalue weighted by Crippen LogP contribution is 2.09. The van der Waals surface area contributed by atoms with Gasteiger partial charge in [0.1, 0.15) is 12.0 Å². The Balaban J connectivity index is 3.67. The van der Waals surface area contributed by atoms with Crippen LogP contribution in [0.2, 0.25) is 0 Å². The zero-order valence-corrected chi connectivity index (χ0v) is 15.1. The summed E-state index contributed by atoms with van der Waals surface area (Å²) in [5.41, 5.74) is 0. The molecule has 0 rings (SSSR count). The summed E-state index contributed by atoms with van der Waals surface area (Å²) in [5.74, 6) is -0.302. The molecule has 0 aromatic heterocycles. The van der Waals surface area contributed by atoms with Gasteiger partial charge in [0.25, 0.3) is 0 Å². The van der Waals surface area contributed by atoms with E-state index in [4.69, 9.17) is 21.1 Å². The van der Waals surface area contributed by atoms with Crippen molar-refractivity contribution in [3.8, 4) is 0 Å². The number of carbonyl (C=O) groups excluding carboxylic acids is 2. The lowest BCUT2D eigenvalue weighted by Gasteiger charge is -2.14. The van der Waals surface area contributed by atoms with Crippen molar-refractivity contribution in [3.63, 3.8) is 0 Å². The molecule has 1 atom stereocenters. The number of alkyl halides is 2. The molecular formula is C14H24ClIO4. The van der Waals surface area contributed by atoms with E-state index in [1.54, 1.807) is 0 Å². The highest BCUT2D eigenvalue weighted by Gasteiger charge is 2.17. The van der Waals surface area contributed by atoms with Gasteiger partial charge in [0, 0.05) is 4.43 Å². The second kappa shape index (κ2) is 12.7. The van der Waals surface area contributed by atoms with Crippen LogP contribution in [0.1, 0.15) is 46.0 Å². The van der Waals surface area contributed by atoms with Gasteiger partial charge in [0.05, 0.1) is 13.0 Å². The van der Waals surface area contributed by atoms with Gasteiger partial charge in [-0.25, -0.2) is 0 Å². The molecule has 0 bridgehead atoms. The summed E-state index contributed by atoms with van der Waals surface area (Å²) in [7, 11) is 0. The molecule has 0 aliphatic heterocycles. The van der Waals surface area contributed by atoms with E-state index in [1.165, 1.54) is 12.8 Å². The van der Waals surface area contributed by atoms with Gasteiger partial charge >= 0.3 is 11.9 Å². The molecule has 0 aromatic rings. The molecule has 118 valence electrons. The first kappa shape index (κ1) is 20.0. The largest absolute Gasteiger partial charge is 0.466 e. The number of hydrogen-bond acceptors (Lipinski definition) is 4. The van der Waals surface area contributed by atoms with E-state index in [9.17, 15) is 9.59 Å². The quantitative estimate of drug-likeness (QED) is 0.222. The highest BCUT2D eigenvalue weighted by molar-refractivity contribution is 14.1. The summed E-state index contributed by atoms with van der Waals surface area (Å²) >= 11 is 7.42. The minimum atomic E-state index is -0.505. The molecule has 0 saturated heterocycles. The number of rotatable bonds is 11. The van der Waals surface area contributed by atoms with Crippen LogP contribution < -0.4 is 0 Å². The number of esters is 2. The van der Waals surface area contributed by atoms with Crippen LogP contribution in [0.3, 0.4) is 0 Å². The lowest BCUT2D eigenvalue weighted by atomic mass is 10.1. The Morgan fingerprint density at radius 3 is 2.40 bits per heavy atom. The van der Waals surface area contributed by atoms with Crippen LogP contribution in [0.4, 0.5) is 0 Å². The summed E-state index contributed by atoms with van der Waals surface area (Å²) in [6, 6.07) is 0. The minimum Gasteiger partial charge on any atom is -0.466 e. The second-order valence-electron chi connectivity index (χ2n) is 5.07. The van der Waals surface area contributed by atoms with E-state index in [-0.39, 0.29) is 18.3 Å². The van der Waals surface area contributed by atoms with Gasteiger partial charge in [-0.2, -0.15) is 0 Å². The van der Waals surface area contributed by atoms with E-state index in [0.717, 1.165) is 18.8 Å². The zero-order valence-electron chi connectivity index (χ0n) is 12.2. The summed E-state index contributed by atoms with van der Waals surface area (Å²) in [6.07, 6.45) is 3.97. The molecule has 6 heteroatoms. The fourth-order valence-corrected chi connectivity index (χ4v) is 2.16. The number of hydrogen-bond donors (Lipinski definition) is 0. The predicted octanol–water partition coefficient (Wildman–Crippen LogP) is 3.72. The lowest BCUT2D eigenvalue weighted by Crippen LogP contribution is -2.24. The van der Waals surface area contributed by atoms with E-state index in [2.05, 4.69) is 36.4 Å². The van der Waals surface area contributed by atoms with Crippen molar-refractivity contribution >= 4 is 46.1 Å². The minimum absolute atomic E-state index is 0.0948. The van der Waals surface area contributed by atoms with Crippen LogP contribution in [0.5, 0.6) is 0 Å². The molecule has 1 unspecified atom stereocenters. The Morgan fingerprint density at radius 1 is 1.15 bits per heavy atom. The van der Waals surface area contributed by atoms with E-state index >= 15 is 0 Å². The van der Waals surface area contributed by atoms with Gasteiger partial charge in [-0.05, 0) is 12.3 Å². The van der Waals surface area contributed by atoms with Crippen LogP contribution in [0.15, 0.2) is 0 Å². The molecule has 0 aliphatic carbocycles. The van der Waals surface area contributed by atoms with Gasteiger partial charge in [-0.3, -0.25) is 9.59 Å². The summed E-state index contributed by atoms with van der Waals surface area (Å²) in [4.78, 5) is 22.6. The molecule has 0 saturated carbocycles. The first-order chi connectivity index (χ1) is 9.49. The zero-order chi connectivity index (χ0) is 15.4. The van der Waals surface area contributed by atoms with Gasteiger partial charge in [-0.15, -0.1) is 11.6 Å². The molecule has 20 heavy (non-hydrogen) atoms. The van der Waals surface area contributed by atoms with Crippen molar-refractivity contribution in [3.05, 3.63) is 0 Å². The fraction of sp³-hybridized carbons (Fsp3) is 0.857. The van der Waals surface area contributed by atoms with Gasteiger partial charge in [-0.1, -0.05) is 55.7 Å². The summed E-state index contributed by atoms with van der Waals surface area (Å²) in [5, 5.41) is 0. The van der Waals surface area contributed by atoms with Crippen molar-refractivity contribution < 1.29 is 19.1 Å². The van der Waals surface area contributed by atoms with Crippen molar-refractivity contribution in [1.29, 1.82) is 0 Å². The fourth-order valence-electron chi connectivity index (χ4n) is 1.61. The van der Waals surface area contributed by atoms with Crippen molar-refractivity contribution in [2.75, 3.05) is 16.9 Å². The van der Waals surface area contributed by atoms with Crippen molar-refractivity contribution in [2.45, 2.75) is 52.1 Å². The number of unbranched alkanes of at least 4 members (excludes halogenated alkanes) is 2. The second-order valence-corrected chi connectivity index (χ2v) is 6.22.